The van der Waals surface area contributed by atoms with Crippen molar-refractivity contribution < 1.29 is 4.42 Å². The maximum atomic E-state index is 5.94. The summed E-state index contributed by atoms with van der Waals surface area (Å²) in [6, 6.07) is 5.80. The van der Waals surface area contributed by atoms with Crippen LogP contribution in [-0.4, -0.2) is 5.33 Å². The van der Waals surface area contributed by atoms with Gasteiger partial charge in [-0.1, -0.05) is 27.5 Å². The zero-order chi connectivity index (χ0) is 9.26. The van der Waals surface area contributed by atoms with E-state index >= 15 is 0 Å². The molecular formula is C10H8BrClO. The van der Waals surface area contributed by atoms with Gasteiger partial charge in [0.05, 0.1) is 6.26 Å². The van der Waals surface area contributed by atoms with E-state index < -0.39 is 0 Å². The number of benzene rings is 1. The van der Waals surface area contributed by atoms with Crippen molar-refractivity contribution in [2.75, 3.05) is 5.33 Å². The first-order valence-electron chi connectivity index (χ1n) is 4.03. The molecule has 3 heteroatoms. The summed E-state index contributed by atoms with van der Waals surface area (Å²) in [6.45, 7) is 0. The molecule has 0 fully saturated rings. The van der Waals surface area contributed by atoms with Gasteiger partial charge < -0.3 is 4.42 Å². The largest absolute Gasteiger partial charge is 0.464 e. The fourth-order valence-corrected chi connectivity index (χ4v) is 2.08. The second-order valence-corrected chi connectivity index (χ2v) is 4.07. The van der Waals surface area contributed by atoms with E-state index in [1.54, 1.807) is 6.26 Å². The van der Waals surface area contributed by atoms with Crippen molar-refractivity contribution in [3.8, 4) is 0 Å². The molecule has 0 bridgehead atoms. The SMILES string of the molecule is Clc1cc(CCBr)c2ccoc2c1. The quantitative estimate of drug-likeness (QED) is 0.742. The number of fused-ring (bicyclic) bond motifs is 1. The van der Waals surface area contributed by atoms with Crippen LogP contribution >= 0.6 is 27.5 Å². The van der Waals surface area contributed by atoms with Crippen LogP contribution in [0.15, 0.2) is 28.9 Å². The minimum atomic E-state index is 0.735. The van der Waals surface area contributed by atoms with Gasteiger partial charge in [-0.25, -0.2) is 0 Å². The topological polar surface area (TPSA) is 13.1 Å². The monoisotopic (exact) mass is 258 g/mol. The summed E-state index contributed by atoms with van der Waals surface area (Å²) < 4.78 is 5.29. The van der Waals surface area contributed by atoms with E-state index in [1.165, 1.54) is 5.56 Å². The Bertz CT molecular complexity index is 422. The maximum Gasteiger partial charge on any atom is 0.135 e. The number of halogens is 2. The molecule has 0 saturated heterocycles. The normalized spacial score (nSPS) is 10.9. The van der Waals surface area contributed by atoms with Crippen molar-refractivity contribution in [3.05, 3.63) is 35.0 Å². The van der Waals surface area contributed by atoms with Crippen molar-refractivity contribution >= 4 is 38.5 Å². The second kappa shape index (κ2) is 3.72. The zero-order valence-electron chi connectivity index (χ0n) is 6.89. The highest BCUT2D eigenvalue weighted by Gasteiger charge is 2.04. The van der Waals surface area contributed by atoms with E-state index in [-0.39, 0.29) is 0 Å². The van der Waals surface area contributed by atoms with E-state index in [0.29, 0.717) is 0 Å². The van der Waals surface area contributed by atoms with Crippen LogP contribution in [0.3, 0.4) is 0 Å². The Morgan fingerprint density at radius 2 is 2.23 bits per heavy atom. The van der Waals surface area contributed by atoms with Gasteiger partial charge in [0.15, 0.2) is 0 Å². The van der Waals surface area contributed by atoms with Crippen LogP contribution < -0.4 is 0 Å². The minimum Gasteiger partial charge on any atom is -0.464 e. The molecule has 0 spiro atoms. The number of aryl methyl sites for hydroxylation is 1. The summed E-state index contributed by atoms with van der Waals surface area (Å²) in [4.78, 5) is 0. The molecule has 0 aliphatic carbocycles. The van der Waals surface area contributed by atoms with E-state index in [2.05, 4.69) is 15.9 Å². The Kier molecular flexibility index (Phi) is 2.61. The molecule has 2 rings (SSSR count). The van der Waals surface area contributed by atoms with Crippen LogP contribution in [0.25, 0.3) is 11.0 Å². The number of furan rings is 1. The molecule has 0 aliphatic heterocycles. The molecule has 0 saturated carbocycles. The van der Waals surface area contributed by atoms with E-state index in [1.807, 2.05) is 18.2 Å². The molecule has 2 aromatic rings. The molecule has 0 N–H and O–H groups in total. The molecule has 1 nitrogen and oxygen atoms in total. The molecule has 0 unspecified atom stereocenters. The number of alkyl halides is 1. The predicted octanol–water partition coefficient (Wildman–Crippen LogP) is 4.02. The highest BCUT2D eigenvalue weighted by atomic mass is 79.9. The lowest BCUT2D eigenvalue weighted by Crippen LogP contribution is -1.86. The van der Waals surface area contributed by atoms with Gasteiger partial charge in [-0.05, 0) is 24.1 Å². The Balaban J connectivity index is 2.63. The third-order valence-corrected chi connectivity index (χ3v) is 2.60. The molecule has 0 atom stereocenters. The molecule has 0 radical (unpaired) electrons. The van der Waals surface area contributed by atoms with Crippen LogP contribution in [0.2, 0.25) is 5.02 Å². The third kappa shape index (κ3) is 1.74. The number of hydrogen-bond donors (Lipinski definition) is 0. The van der Waals surface area contributed by atoms with Crippen LogP contribution in [0.4, 0.5) is 0 Å². The van der Waals surface area contributed by atoms with Crippen molar-refractivity contribution in [2.24, 2.45) is 0 Å². The van der Waals surface area contributed by atoms with Gasteiger partial charge in [0.2, 0.25) is 0 Å². The van der Waals surface area contributed by atoms with Crippen LogP contribution in [0, 0.1) is 0 Å². The highest BCUT2D eigenvalue weighted by molar-refractivity contribution is 9.09. The minimum absolute atomic E-state index is 0.735. The lowest BCUT2D eigenvalue weighted by atomic mass is 10.1. The molecule has 0 aliphatic rings. The number of hydrogen-bond acceptors (Lipinski definition) is 1. The Labute approximate surface area is 89.8 Å². The maximum absolute atomic E-state index is 5.94. The van der Waals surface area contributed by atoms with Crippen LogP contribution in [0.1, 0.15) is 5.56 Å². The second-order valence-electron chi connectivity index (χ2n) is 2.84. The van der Waals surface area contributed by atoms with Crippen molar-refractivity contribution in [1.82, 2.24) is 0 Å². The molecular weight excluding hydrogens is 251 g/mol. The Morgan fingerprint density at radius 1 is 1.38 bits per heavy atom. The van der Waals surface area contributed by atoms with Crippen molar-refractivity contribution in [3.63, 3.8) is 0 Å². The van der Waals surface area contributed by atoms with Crippen molar-refractivity contribution in [1.29, 1.82) is 0 Å². The standard InChI is InChI=1S/C10H8BrClO/c11-3-1-7-5-8(12)6-10-9(7)2-4-13-10/h2,4-6H,1,3H2. The molecule has 68 valence electrons. The molecule has 13 heavy (non-hydrogen) atoms. The van der Waals surface area contributed by atoms with Gasteiger partial charge in [0.25, 0.3) is 0 Å². The van der Waals surface area contributed by atoms with E-state index in [4.69, 9.17) is 16.0 Å². The van der Waals surface area contributed by atoms with Crippen LogP contribution in [0.5, 0.6) is 0 Å². The Morgan fingerprint density at radius 3 is 3.00 bits per heavy atom. The molecule has 1 aromatic heterocycles. The third-order valence-electron chi connectivity index (χ3n) is 1.99. The fraction of sp³-hybridized carbons (Fsp3) is 0.200. The molecule has 0 amide bonds. The smallest absolute Gasteiger partial charge is 0.135 e. The summed E-state index contributed by atoms with van der Waals surface area (Å²) in [5.74, 6) is 0. The average Bonchev–Trinajstić information content (AvgIpc) is 2.52. The van der Waals surface area contributed by atoms with Gasteiger partial charge in [-0.3, -0.25) is 0 Å². The summed E-state index contributed by atoms with van der Waals surface area (Å²) in [5, 5.41) is 2.83. The Hall–Kier alpha value is -0.470. The molecule has 1 heterocycles. The first-order chi connectivity index (χ1) is 6.31. The summed E-state index contributed by atoms with van der Waals surface area (Å²) in [6.07, 6.45) is 2.66. The first-order valence-corrected chi connectivity index (χ1v) is 5.53. The fourth-order valence-electron chi connectivity index (χ4n) is 1.42. The summed E-state index contributed by atoms with van der Waals surface area (Å²) in [7, 11) is 0. The first kappa shape index (κ1) is 9.10. The van der Waals surface area contributed by atoms with E-state index in [9.17, 15) is 0 Å². The lowest BCUT2D eigenvalue weighted by Gasteiger charge is -2.00. The molecule has 1 aromatic carbocycles. The van der Waals surface area contributed by atoms with Crippen molar-refractivity contribution in [2.45, 2.75) is 6.42 Å². The van der Waals surface area contributed by atoms with Gasteiger partial charge in [-0.15, -0.1) is 0 Å². The van der Waals surface area contributed by atoms with Gasteiger partial charge in [0, 0.05) is 21.8 Å². The highest BCUT2D eigenvalue weighted by Crippen LogP contribution is 2.25. The summed E-state index contributed by atoms with van der Waals surface area (Å²) >= 11 is 9.35. The van der Waals surface area contributed by atoms with Gasteiger partial charge in [0.1, 0.15) is 5.58 Å². The average molecular weight is 260 g/mol. The van der Waals surface area contributed by atoms with Gasteiger partial charge >= 0.3 is 0 Å². The zero-order valence-corrected chi connectivity index (χ0v) is 9.23. The van der Waals surface area contributed by atoms with Gasteiger partial charge in [-0.2, -0.15) is 0 Å². The lowest BCUT2D eigenvalue weighted by molar-refractivity contribution is 0.616. The van der Waals surface area contributed by atoms with E-state index in [0.717, 1.165) is 27.7 Å². The van der Waals surface area contributed by atoms with Crippen LogP contribution in [-0.2, 0) is 6.42 Å². The predicted molar refractivity (Wildman–Crippen MR) is 58.7 cm³/mol. The number of rotatable bonds is 2. The summed E-state index contributed by atoms with van der Waals surface area (Å²) in [5.41, 5.74) is 2.09.